The highest BCUT2D eigenvalue weighted by molar-refractivity contribution is 5.34. The monoisotopic (exact) mass is 233 g/mol. The minimum absolute atomic E-state index is 0.121. The molecule has 0 radical (unpaired) electrons. The first-order valence-electron chi connectivity index (χ1n) is 5.97. The molecule has 2 aromatic rings. The average Bonchev–Trinajstić information content (AvgIpc) is 2.73. The molecule has 2 N–H and O–H groups in total. The molecule has 17 heavy (non-hydrogen) atoms. The van der Waals surface area contributed by atoms with E-state index in [-0.39, 0.29) is 5.56 Å². The predicted molar refractivity (Wildman–Crippen MR) is 62.9 cm³/mol. The second-order valence-corrected chi connectivity index (χ2v) is 4.52. The molecule has 2 aromatic heterocycles. The van der Waals surface area contributed by atoms with E-state index in [4.69, 9.17) is 0 Å². The molecule has 90 valence electrons. The van der Waals surface area contributed by atoms with Crippen molar-refractivity contribution in [1.82, 2.24) is 25.1 Å². The van der Waals surface area contributed by atoms with Gasteiger partial charge in [-0.15, -0.1) is 10.2 Å². The van der Waals surface area contributed by atoms with Gasteiger partial charge in [-0.2, -0.15) is 0 Å². The van der Waals surface area contributed by atoms with Crippen LogP contribution >= 0.6 is 0 Å². The quantitative estimate of drug-likeness (QED) is 0.763. The van der Waals surface area contributed by atoms with Crippen LogP contribution in [0.15, 0.2) is 16.9 Å². The Morgan fingerprint density at radius 3 is 2.94 bits per heavy atom. The zero-order valence-corrected chi connectivity index (χ0v) is 9.52. The van der Waals surface area contributed by atoms with Crippen LogP contribution in [0.3, 0.4) is 0 Å². The van der Waals surface area contributed by atoms with Gasteiger partial charge < -0.3 is 5.32 Å². The van der Waals surface area contributed by atoms with Gasteiger partial charge in [0.1, 0.15) is 0 Å². The normalized spacial score (nSPS) is 17.6. The first kappa shape index (κ1) is 10.5. The number of H-pyrrole nitrogens is 1. The third-order valence-corrected chi connectivity index (χ3v) is 3.29. The Morgan fingerprint density at radius 1 is 1.29 bits per heavy atom. The van der Waals surface area contributed by atoms with Gasteiger partial charge in [0.2, 0.25) is 0 Å². The Balaban J connectivity index is 1.89. The van der Waals surface area contributed by atoms with Crippen molar-refractivity contribution in [3.8, 4) is 0 Å². The SMILES string of the molecule is O=c1ccc2nnc(CC3CCNCC3)n2[nH]1. The van der Waals surface area contributed by atoms with E-state index < -0.39 is 0 Å². The van der Waals surface area contributed by atoms with E-state index in [1.54, 1.807) is 10.6 Å². The topological polar surface area (TPSA) is 75.1 Å². The second kappa shape index (κ2) is 4.29. The smallest absolute Gasteiger partial charge is 0.263 e. The molecule has 0 unspecified atom stereocenters. The van der Waals surface area contributed by atoms with Crippen molar-refractivity contribution >= 4 is 5.65 Å². The van der Waals surface area contributed by atoms with E-state index in [0.717, 1.165) is 38.2 Å². The summed E-state index contributed by atoms with van der Waals surface area (Å²) in [5.74, 6) is 1.48. The summed E-state index contributed by atoms with van der Waals surface area (Å²) in [7, 11) is 0. The van der Waals surface area contributed by atoms with Gasteiger partial charge in [0.05, 0.1) is 0 Å². The predicted octanol–water partition coefficient (Wildman–Crippen LogP) is -0.0403. The molecule has 0 aliphatic carbocycles. The van der Waals surface area contributed by atoms with Gasteiger partial charge in [0.15, 0.2) is 11.5 Å². The van der Waals surface area contributed by atoms with Crippen molar-refractivity contribution in [1.29, 1.82) is 0 Å². The Labute approximate surface area is 98.0 Å². The molecule has 1 aliphatic heterocycles. The van der Waals surface area contributed by atoms with Gasteiger partial charge in [-0.3, -0.25) is 9.89 Å². The molecule has 6 heteroatoms. The molecule has 0 atom stereocenters. The molecular weight excluding hydrogens is 218 g/mol. The van der Waals surface area contributed by atoms with Crippen molar-refractivity contribution in [2.45, 2.75) is 19.3 Å². The first-order valence-corrected chi connectivity index (χ1v) is 5.97. The summed E-state index contributed by atoms with van der Waals surface area (Å²) < 4.78 is 1.70. The van der Waals surface area contributed by atoms with Crippen molar-refractivity contribution < 1.29 is 0 Å². The highest BCUT2D eigenvalue weighted by Gasteiger charge is 2.16. The molecule has 0 saturated carbocycles. The minimum atomic E-state index is -0.121. The molecule has 3 rings (SSSR count). The fourth-order valence-corrected chi connectivity index (χ4v) is 2.33. The van der Waals surface area contributed by atoms with Crippen LogP contribution in [0.5, 0.6) is 0 Å². The lowest BCUT2D eigenvalue weighted by Crippen LogP contribution is -2.29. The van der Waals surface area contributed by atoms with Crippen LogP contribution in [0.25, 0.3) is 5.65 Å². The first-order chi connectivity index (χ1) is 8.33. The number of nitrogens with one attached hydrogen (secondary N) is 2. The lowest BCUT2D eigenvalue weighted by molar-refractivity contribution is 0.365. The third kappa shape index (κ3) is 2.08. The van der Waals surface area contributed by atoms with Crippen LogP contribution in [0.2, 0.25) is 0 Å². The largest absolute Gasteiger partial charge is 0.317 e. The zero-order valence-electron chi connectivity index (χ0n) is 9.52. The Hall–Kier alpha value is -1.69. The summed E-state index contributed by atoms with van der Waals surface area (Å²) in [4.78, 5) is 11.3. The molecule has 0 bridgehead atoms. The van der Waals surface area contributed by atoms with Gasteiger partial charge in [-0.25, -0.2) is 4.52 Å². The van der Waals surface area contributed by atoms with Crippen molar-refractivity contribution in [2.75, 3.05) is 13.1 Å². The molecule has 1 aliphatic rings. The van der Waals surface area contributed by atoms with Crippen molar-refractivity contribution in [2.24, 2.45) is 5.92 Å². The van der Waals surface area contributed by atoms with Crippen LogP contribution in [0, 0.1) is 5.92 Å². The number of piperidine rings is 1. The lowest BCUT2D eigenvalue weighted by Gasteiger charge is -2.21. The number of fused-ring (bicyclic) bond motifs is 1. The van der Waals surface area contributed by atoms with Crippen LogP contribution in [-0.2, 0) is 6.42 Å². The van der Waals surface area contributed by atoms with E-state index in [1.807, 2.05) is 0 Å². The Kier molecular flexibility index (Phi) is 2.64. The molecule has 0 spiro atoms. The fourth-order valence-electron chi connectivity index (χ4n) is 2.33. The number of aromatic nitrogens is 4. The zero-order chi connectivity index (χ0) is 11.7. The van der Waals surface area contributed by atoms with Gasteiger partial charge in [0.25, 0.3) is 5.56 Å². The van der Waals surface area contributed by atoms with Crippen LogP contribution in [-0.4, -0.2) is 32.9 Å². The fraction of sp³-hybridized carbons (Fsp3) is 0.545. The Morgan fingerprint density at radius 2 is 2.12 bits per heavy atom. The van der Waals surface area contributed by atoms with Crippen LogP contribution < -0.4 is 10.9 Å². The third-order valence-electron chi connectivity index (χ3n) is 3.29. The molecular formula is C11H15N5O. The number of hydrogen-bond acceptors (Lipinski definition) is 4. The van der Waals surface area contributed by atoms with E-state index in [9.17, 15) is 4.79 Å². The van der Waals surface area contributed by atoms with E-state index in [1.165, 1.54) is 6.07 Å². The van der Waals surface area contributed by atoms with Gasteiger partial charge in [-0.1, -0.05) is 0 Å². The van der Waals surface area contributed by atoms with E-state index >= 15 is 0 Å². The second-order valence-electron chi connectivity index (χ2n) is 4.52. The molecule has 3 heterocycles. The number of nitrogens with zero attached hydrogens (tertiary/aromatic N) is 3. The number of rotatable bonds is 2. The maximum atomic E-state index is 11.3. The number of aromatic amines is 1. The summed E-state index contributed by atoms with van der Waals surface area (Å²) >= 11 is 0. The molecule has 0 amide bonds. The van der Waals surface area contributed by atoms with Crippen LogP contribution in [0.4, 0.5) is 0 Å². The molecule has 1 fully saturated rings. The molecule has 6 nitrogen and oxygen atoms in total. The summed E-state index contributed by atoms with van der Waals surface area (Å²) in [6.07, 6.45) is 3.20. The van der Waals surface area contributed by atoms with Crippen molar-refractivity contribution in [3.63, 3.8) is 0 Å². The average molecular weight is 233 g/mol. The lowest BCUT2D eigenvalue weighted by atomic mass is 9.94. The maximum absolute atomic E-state index is 11.3. The highest BCUT2D eigenvalue weighted by atomic mass is 16.1. The van der Waals surface area contributed by atoms with Gasteiger partial charge in [0, 0.05) is 12.5 Å². The minimum Gasteiger partial charge on any atom is -0.317 e. The highest BCUT2D eigenvalue weighted by Crippen LogP contribution is 2.16. The van der Waals surface area contributed by atoms with Gasteiger partial charge in [-0.05, 0) is 37.9 Å². The van der Waals surface area contributed by atoms with Crippen molar-refractivity contribution in [3.05, 3.63) is 28.3 Å². The molecule has 1 saturated heterocycles. The molecule has 0 aromatic carbocycles. The summed E-state index contributed by atoms with van der Waals surface area (Å²) in [5.41, 5.74) is 0.581. The van der Waals surface area contributed by atoms with E-state index in [2.05, 4.69) is 20.6 Å². The van der Waals surface area contributed by atoms with Gasteiger partial charge >= 0.3 is 0 Å². The summed E-state index contributed by atoms with van der Waals surface area (Å²) in [5, 5.41) is 14.3. The summed E-state index contributed by atoms with van der Waals surface area (Å²) in [6, 6.07) is 3.16. The number of hydrogen-bond donors (Lipinski definition) is 2. The maximum Gasteiger partial charge on any atom is 0.263 e. The van der Waals surface area contributed by atoms with Crippen LogP contribution in [0.1, 0.15) is 18.7 Å². The summed E-state index contributed by atoms with van der Waals surface area (Å²) in [6.45, 7) is 2.13. The Bertz CT molecular complexity index is 566. The van der Waals surface area contributed by atoms with E-state index in [0.29, 0.717) is 11.6 Å². The standard InChI is InChI=1S/C11H15N5O/c17-11-2-1-9-13-14-10(16(9)15-11)7-8-3-5-12-6-4-8/h1-2,8,12H,3-7H2,(H,15,17).